The molecule has 102 valence electrons. The average Bonchev–Trinajstić information content (AvgIpc) is 2.92. The van der Waals surface area contributed by atoms with Crippen molar-refractivity contribution >= 4 is 0 Å². The Kier molecular flexibility index (Phi) is 3.42. The molecule has 0 amide bonds. The molecular formula is C15H22N4. The molecule has 2 aromatic heterocycles. The molecule has 3 rings (SSSR count). The molecule has 1 N–H and O–H groups in total. The highest BCUT2D eigenvalue weighted by Gasteiger charge is 2.19. The van der Waals surface area contributed by atoms with Crippen LogP contribution in [0.25, 0.3) is 0 Å². The van der Waals surface area contributed by atoms with Crippen molar-refractivity contribution in [3.8, 4) is 0 Å². The van der Waals surface area contributed by atoms with Gasteiger partial charge in [-0.1, -0.05) is 6.42 Å². The van der Waals surface area contributed by atoms with E-state index in [9.17, 15) is 0 Å². The van der Waals surface area contributed by atoms with E-state index in [1.807, 2.05) is 17.9 Å². The van der Waals surface area contributed by atoms with E-state index in [2.05, 4.69) is 40.5 Å². The first-order valence-electron chi connectivity index (χ1n) is 7.10. The van der Waals surface area contributed by atoms with Crippen molar-refractivity contribution in [1.29, 1.82) is 0 Å². The lowest BCUT2D eigenvalue weighted by atomic mass is 10.1. The number of aryl methyl sites for hydroxylation is 2. The van der Waals surface area contributed by atoms with E-state index in [-0.39, 0.29) is 0 Å². The highest BCUT2D eigenvalue weighted by Crippen LogP contribution is 2.29. The van der Waals surface area contributed by atoms with Crippen molar-refractivity contribution in [1.82, 2.24) is 19.7 Å². The number of rotatable bonds is 3. The highest BCUT2D eigenvalue weighted by molar-refractivity contribution is 5.29. The lowest BCUT2D eigenvalue weighted by Crippen LogP contribution is -2.15. The fourth-order valence-electron chi connectivity index (χ4n) is 3.04. The predicted octanol–water partition coefficient (Wildman–Crippen LogP) is 2.26. The summed E-state index contributed by atoms with van der Waals surface area (Å²) in [5, 5.41) is 7.90. The largest absolute Gasteiger partial charge is 0.348 e. The summed E-state index contributed by atoms with van der Waals surface area (Å²) < 4.78 is 4.14. The highest BCUT2D eigenvalue weighted by atomic mass is 15.3. The Morgan fingerprint density at radius 2 is 2.26 bits per heavy atom. The second-order valence-electron chi connectivity index (χ2n) is 5.48. The monoisotopic (exact) mass is 258 g/mol. The van der Waals surface area contributed by atoms with E-state index < -0.39 is 0 Å². The minimum Gasteiger partial charge on any atom is -0.348 e. The maximum absolute atomic E-state index is 4.45. The van der Waals surface area contributed by atoms with Crippen LogP contribution < -0.4 is 5.32 Å². The third-order valence-electron chi connectivity index (χ3n) is 4.02. The van der Waals surface area contributed by atoms with Crippen molar-refractivity contribution in [2.75, 3.05) is 7.05 Å². The van der Waals surface area contributed by atoms with E-state index in [0.29, 0.717) is 6.04 Å². The maximum Gasteiger partial charge on any atom is 0.0821 e. The van der Waals surface area contributed by atoms with Crippen LogP contribution in [0.4, 0.5) is 0 Å². The summed E-state index contributed by atoms with van der Waals surface area (Å²) in [6.07, 6.45) is 11.7. The Hall–Kier alpha value is -1.55. The molecule has 1 aliphatic rings. The number of hydrogen-bond donors (Lipinski definition) is 1. The molecule has 0 aromatic carbocycles. The van der Waals surface area contributed by atoms with E-state index in [0.717, 1.165) is 12.2 Å². The number of nitrogens with zero attached hydrogens (tertiary/aromatic N) is 3. The van der Waals surface area contributed by atoms with Crippen LogP contribution in [0.1, 0.15) is 42.1 Å². The van der Waals surface area contributed by atoms with Crippen LogP contribution in [-0.2, 0) is 20.0 Å². The van der Waals surface area contributed by atoms with E-state index in [1.54, 1.807) is 0 Å². The van der Waals surface area contributed by atoms with Gasteiger partial charge in [-0.25, -0.2) is 0 Å². The summed E-state index contributed by atoms with van der Waals surface area (Å²) in [5.74, 6) is 0. The van der Waals surface area contributed by atoms with E-state index >= 15 is 0 Å². The van der Waals surface area contributed by atoms with Crippen LogP contribution in [0.5, 0.6) is 0 Å². The SMILES string of the molecule is CNC1CCCCc2cn(Cc3ccn(C)n3)cc21. The Morgan fingerprint density at radius 3 is 3.00 bits per heavy atom. The molecule has 0 radical (unpaired) electrons. The topological polar surface area (TPSA) is 34.8 Å². The summed E-state index contributed by atoms with van der Waals surface area (Å²) in [7, 11) is 4.03. The number of aromatic nitrogens is 3. The Bertz CT molecular complexity index is 552. The van der Waals surface area contributed by atoms with Gasteiger partial charge in [0.25, 0.3) is 0 Å². The summed E-state index contributed by atoms with van der Waals surface area (Å²) in [4.78, 5) is 0. The Labute approximate surface area is 114 Å². The molecule has 0 bridgehead atoms. The lowest BCUT2D eigenvalue weighted by Gasteiger charge is -2.13. The maximum atomic E-state index is 4.45. The second kappa shape index (κ2) is 5.21. The zero-order valence-electron chi connectivity index (χ0n) is 11.8. The molecule has 0 aliphatic heterocycles. The Balaban J connectivity index is 1.84. The van der Waals surface area contributed by atoms with Gasteiger partial charge in [-0.05, 0) is 43.5 Å². The molecule has 0 fully saturated rings. The van der Waals surface area contributed by atoms with Crippen molar-refractivity contribution in [2.45, 2.75) is 38.3 Å². The fourth-order valence-corrected chi connectivity index (χ4v) is 3.04. The third kappa shape index (κ3) is 2.59. The molecule has 2 heterocycles. The van der Waals surface area contributed by atoms with E-state index in [4.69, 9.17) is 0 Å². The first-order chi connectivity index (χ1) is 9.26. The van der Waals surface area contributed by atoms with Gasteiger partial charge in [0.1, 0.15) is 0 Å². The molecule has 0 saturated carbocycles. The second-order valence-corrected chi connectivity index (χ2v) is 5.48. The normalized spacial score (nSPS) is 19.2. The van der Waals surface area contributed by atoms with Gasteiger partial charge < -0.3 is 9.88 Å². The zero-order chi connectivity index (χ0) is 13.2. The van der Waals surface area contributed by atoms with Gasteiger partial charge >= 0.3 is 0 Å². The van der Waals surface area contributed by atoms with E-state index in [1.165, 1.54) is 36.8 Å². The quantitative estimate of drug-likeness (QED) is 0.857. The average molecular weight is 258 g/mol. The third-order valence-corrected chi connectivity index (χ3v) is 4.02. The van der Waals surface area contributed by atoms with Crippen LogP contribution in [0.3, 0.4) is 0 Å². The van der Waals surface area contributed by atoms with Crippen LogP contribution in [0, 0.1) is 0 Å². The van der Waals surface area contributed by atoms with Gasteiger partial charge in [-0.3, -0.25) is 4.68 Å². The smallest absolute Gasteiger partial charge is 0.0821 e. The van der Waals surface area contributed by atoms with Gasteiger partial charge in [-0.2, -0.15) is 5.10 Å². The lowest BCUT2D eigenvalue weighted by molar-refractivity contribution is 0.530. The molecule has 1 aliphatic carbocycles. The van der Waals surface area contributed by atoms with Crippen LogP contribution in [-0.4, -0.2) is 21.4 Å². The molecule has 4 heteroatoms. The fraction of sp³-hybridized carbons (Fsp3) is 0.533. The number of nitrogens with one attached hydrogen (secondary N) is 1. The van der Waals surface area contributed by atoms with Crippen molar-refractivity contribution in [3.63, 3.8) is 0 Å². The Morgan fingerprint density at radius 1 is 1.37 bits per heavy atom. The number of hydrogen-bond acceptors (Lipinski definition) is 2. The van der Waals surface area contributed by atoms with Crippen LogP contribution in [0.15, 0.2) is 24.7 Å². The number of fused-ring (bicyclic) bond motifs is 1. The van der Waals surface area contributed by atoms with Gasteiger partial charge in [0.05, 0.1) is 12.2 Å². The minimum atomic E-state index is 0.516. The molecule has 0 spiro atoms. The van der Waals surface area contributed by atoms with Crippen LogP contribution >= 0.6 is 0 Å². The molecule has 2 aromatic rings. The minimum absolute atomic E-state index is 0.516. The van der Waals surface area contributed by atoms with Gasteiger partial charge in [0.15, 0.2) is 0 Å². The van der Waals surface area contributed by atoms with Gasteiger partial charge in [0, 0.05) is 31.7 Å². The van der Waals surface area contributed by atoms with Crippen molar-refractivity contribution in [3.05, 3.63) is 41.5 Å². The van der Waals surface area contributed by atoms with Crippen LogP contribution in [0.2, 0.25) is 0 Å². The van der Waals surface area contributed by atoms with Gasteiger partial charge in [-0.15, -0.1) is 0 Å². The van der Waals surface area contributed by atoms with Crippen molar-refractivity contribution in [2.24, 2.45) is 7.05 Å². The molecule has 19 heavy (non-hydrogen) atoms. The first kappa shape index (κ1) is 12.5. The van der Waals surface area contributed by atoms with Crippen molar-refractivity contribution < 1.29 is 0 Å². The molecule has 1 atom stereocenters. The standard InChI is InChI=1S/C15H22N4/c1-16-15-6-4-3-5-12-9-19(11-14(12)15)10-13-7-8-18(2)17-13/h7-9,11,15-16H,3-6,10H2,1-2H3. The molecule has 1 unspecified atom stereocenters. The molecule has 4 nitrogen and oxygen atoms in total. The summed E-state index contributed by atoms with van der Waals surface area (Å²) in [6, 6.07) is 2.60. The predicted molar refractivity (Wildman–Crippen MR) is 76.1 cm³/mol. The summed E-state index contributed by atoms with van der Waals surface area (Å²) in [5.41, 5.74) is 4.11. The van der Waals surface area contributed by atoms with Gasteiger partial charge in [0.2, 0.25) is 0 Å². The summed E-state index contributed by atoms with van der Waals surface area (Å²) >= 11 is 0. The zero-order valence-corrected chi connectivity index (χ0v) is 11.8. The summed E-state index contributed by atoms with van der Waals surface area (Å²) in [6.45, 7) is 0.865. The first-order valence-corrected chi connectivity index (χ1v) is 7.10. The molecular weight excluding hydrogens is 236 g/mol. The molecule has 0 saturated heterocycles.